The predicted molar refractivity (Wildman–Crippen MR) is 105 cm³/mol. The number of amides is 1. The average molecular weight is 433 g/mol. The molecule has 7 nitrogen and oxygen atoms in total. The number of aliphatic hydroxyl groups is 2. The van der Waals surface area contributed by atoms with Gasteiger partial charge in [0, 0.05) is 18.7 Å². The molecule has 0 aliphatic heterocycles. The maximum Gasteiger partial charge on any atom is 0.274 e. The van der Waals surface area contributed by atoms with E-state index in [0.29, 0.717) is 0 Å². The van der Waals surface area contributed by atoms with Crippen LogP contribution in [0.1, 0.15) is 16.9 Å². The number of ether oxygens (including phenoxy) is 1. The first-order chi connectivity index (χ1) is 14.9. The molecule has 2 heterocycles. The summed E-state index contributed by atoms with van der Waals surface area (Å²) in [6.07, 6.45) is 1.93. The zero-order chi connectivity index (χ0) is 22.4. The molecule has 0 saturated carbocycles. The van der Waals surface area contributed by atoms with Gasteiger partial charge in [-0.1, -0.05) is 6.07 Å². The molecule has 10 heteroatoms. The number of nitrogens with zero attached hydrogens (tertiary/aromatic N) is 2. The summed E-state index contributed by atoms with van der Waals surface area (Å²) in [6, 6.07) is 6.48. The van der Waals surface area contributed by atoms with E-state index in [1.807, 2.05) is 0 Å². The number of hydrogen-bond donors (Lipinski definition) is 3. The highest BCUT2D eigenvalue weighted by atomic mass is 19.1. The molecular formula is C21H18F3N3O4. The number of aliphatic hydroxyl groups excluding tert-OH is 2. The highest BCUT2D eigenvalue weighted by molar-refractivity contribution is 6.03. The quantitative estimate of drug-likeness (QED) is 0.505. The van der Waals surface area contributed by atoms with Crippen molar-refractivity contribution in [2.24, 2.45) is 0 Å². The molecule has 3 N–H and O–H groups in total. The second-order valence-electron chi connectivity index (χ2n) is 6.42. The summed E-state index contributed by atoms with van der Waals surface area (Å²) in [4.78, 5) is 20.3. The van der Waals surface area contributed by atoms with E-state index in [4.69, 9.17) is 9.84 Å². The first-order valence-electron chi connectivity index (χ1n) is 9.18. The van der Waals surface area contributed by atoms with Crippen LogP contribution in [0.3, 0.4) is 0 Å². The highest BCUT2D eigenvalue weighted by Gasteiger charge is 2.20. The molecule has 3 rings (SSSR count). The molecule has 162 valence electrons. The van der Waals surface area contributed by atoms with E-state index in [2.05, 4.69) is 15.3 Å². The lowest BCUT2D eigenvalue weighted by molar-refractivity contribution is 0.0754. The van der Waals surface area contributed by atoms with Crippen molar-refractivity contribution in [3.8, 4) is 17.0 Å². The van der Waals surface area contributed by atoms with Crippen LogP contribution in [-0.2, 0) is 0 Å². The minimum atomic E-state index is -1.02. The van der Waals surface area contributed by atoms with E-state index >= 15 is 0 Å². The Kier molecular flexibility index (Phi) is 7.16. The van der Waals surface area contributed by atoms with E-state index in [1.54, 1.807) is 0 Å². The van der Waals surface area contributed by atoms with E-state index < -0.39 is 47.3 Å². The van der Waals surface area contributed by atoms with Gasteiger partial charge in [-0.05, 0) is 24.3 Å². The number of halogens is 3. The summed E-state index contributed by atoms with van der Waals surface area (Å²) in [5, 5.41) is 20.7. The maximum absolute atomic E-state index is 14.2. The second kappa shape index (κ2) is 10.0. The van der Waals surface area contributed by atoms with Crippen molar-refractivity contribution in [1.29, 1.82) is 0 Å². The van der Waals surface area contributed by atoms with Crippen molar-refractivity contribution in [3.05, 3.63) is 71.9 Å². The molecule has 1 amide bonds. The van der Waals surface area contributed by atoms with Crippen LogP contribution in [0.25, 0.3) is 11.3 Å². The van der Waals surface area contributed by atoms with Crippen molar-refractivity contribution in [2.45, 2.75) is 12.5 Å². The number of rotatable bonds is 8. The topological polar surface area (TPSA) is 105 Å². The number of hydrogen-bond acceptors (Lipinski definition) is 6. The van der Waals surface area contributed by atoms with Gasteiger partial charge in [0.15, 0.2) is 0 Å². The van der Waals surface area contributed by atoms with Gasteiger partial charge in [-0.25, -0.2) is 18.2 Å². The molecule has 1 aromatic carbocycles. The predicted octanol–water partition coefficient (Wildman–Crippen LogP) is 2.94. The SMILES string of the molecule is O=C(Nc1cnccc1OCCC(O)CO)c1ccc(F)c(-c2c(F)cccc2F)n1. The van der Waals surface area contributed by atoms with Gasteiger partial charge in [-0.3, -0.25) is 9.78 Å². The summed E-state index contributed by atoms with van der Waals surface area (Å²) >= 11 is 0. The monoisotopic (exact) mass is 433 g/mol. The van der Waals surface area contributed by atoms with Gasteiger partial charge in [0.05, 0.1) is 31.1 Å². The van der Waals surface area contributed by atoms with E-state index in [-0.39, 0.29) is 30.2 Å². The van der Waals surface area contributed by atoms with Gasteiger partial charge in [-0.15, -0.1) is 0 Å². The van der Waals surface area contributed by atoms with E-state index in [1.165, 1.54) is 18.5 Å². The summed E-state index contributed by atoms with van der Waals surface area (Å²) in [5.74, 6) is -3.58. The zero-order valence-corrected chi connectivity index (χ0v) is 16.1. The molecule has 0 spiro atoms. The fourth-order valence-corrected chi connectivity index (χ4v) is 2.65. The Morgan fingerprint density at radius 2 is 1.84 bits per heavy atom. The van der Waals surface area contributed by atoms with E-state index in [9.17, 15) is 23.1 Å². The van der Waals surface area contributed by atoms with Gasteiger partial charge in [0.1, 0.15) is 40.3 Å². The molecule has 0 aliphatic rings. The van der Waals surface area contributed by atoms with Crippen LogP contribution in [0.15, 0.2) is 48.8 Å². The van der Waals surface area contributed by atoms with Gasteiger partial charge < -0.3 is 20.3 Å². The van der Waals surface area contributed by atoms with Gasteiger partial charge >= 0.3 is 0 Å². The molecule has 2 aromatic heterocycles. The average Bonchev–Trinajstić information content (AvgIpc) is 2.75. The minimum absolute atomic E-state index is 0.0557. The van der Waals surface area contributed by atoms with Crippen molar-refractivity contribution in [2.75, 3.05) is 18.5 Å². The molecule has 31 heavy (non-hydrogen) atoms. The number of aromatic nitrogens is 2. The third kappa shape index (κ3) is 5.36. The number of nitrogens with one attached hydrogen (secondary N) is 1. The number of carbonyl (C=O) groups is 1. The zero-order valence-electron chi connectivity index (χ0n) is 16.1. The van der Waals surface area contributed by atoms with Crippen LogP contribution in [-0.4, -0.2) is 45.4 Å². The van der Waals surface area contributed by atoms with Gasteiger partial charge in [-0.2, -0.15) is 0 Å². The lowest BCUT2D eigenvalue weighted by Gasteiger charge is -2.13. The maximum atomic E-state index is 14.2. The summed E-state index contributed by atoms with van der Waals surface area (Å²) in [7, 11) is 0. The minimum Gasteiger partial charge on any atom is -0.491 e. The Bertz CT molecular complexity index is 1060. The fourth-order valence-electron chi connectivity index (χ4n) is 2.65. The van der Waals surface area contributed by atoms with Gasteiger partial charge in [0.2, 0.25) is 0 Å². The van der Waals surface area contributed by atoms with Crippen LogP contribution in [0, 0.1) is 17.5 Å². The van der Waals surface area contributed by atoms with Crippen LogP contribution in [0.4, 0.5) is 18.9 Å². The first kappa shape index (κ1) is 22.2. The number of benzene rings is 1. The van der Waals surface area contributed by atoms with Crippen molar-refractivity contribution in [1.82, 2.24) is 9.97 Å². The standard InChI is InChI=1S/C21H18F3N3O4/c22-13-2-1-3-14(23)19(13)20-15(24)4-5-16(26-20)21(30)27-17-10-25-8-6-18(17)31-9-7-12(29)11-28/h1-6,8,10,12,28-29H,7,9,11H2,(H,27,30). The van der Waals surface area contributed by atoms with Crippen LogP contribution in [0.5, 0.6) is 5.75 Å². The molecule has 0 bridgehead atoms. The summed E-state index contributed by atoms with van der Waals surface area (Å²) < 4.78 is 47.8. The molecule has 0 saturated heterocycles. The molecular weight excluding hydrogens is 415 g/mol. The summed E-state index contributed by atoms with van der Waals surface area (Å²) in [6.45, 7) is -0.357. The normalized spacial score (nSPS) is 11.8. The third-order valence-electron chi connectivity index (χ3n) is 4.23. The highest BCUT2D eigenvalue weighted by Crippen LogP contribution is 2.28. The summed E-state index contributed by atoms with van der Waals surface area (Å²) in [5.41, 5.74) is -1.44. The Balaban J connectivity index is 1.82. The second-order valence-corrected chi connectivity index (χ2v) is 6.42. The largest absolute Gasteiger partial charge is 0.491 e. The fraction of sp³-hybridized carbons (Fsp3) is 0.190. The Hall–Kier alpha value is -3.50. The van der Waals surface area contributed by atoms with E-state index in [0.717, 1.165) is 30.3 Å². The lowest BCUT2D eigenvalue weighted by atomic mass is 10.1. The van der Waals surface area contributed by atoms with Crippen molar-refractivity contribution < 1.29 is 32.9 Å². The Morgan fingerprint density at radius 1 is 1.10 bits per heavy atom. The number of carbonyl (C=O) groups excluding carboxylic acids is 1. The number of pyridine rings is 2. The molecule has 0 fully saturated rings. The molecule has 1 unspecified atom stereocenters. The van der Waals surface area contributed by atoms with Crippen molar-refractivity contribution >= 4 is 11.6 Å². The molecule has 3 aromatic rings. The van der Waals surface area contributed by atoms with Gasteiger partial charge in [0.25, 0.3) is 5.91 Å². The smallest absolute Gasteiger partial charge is 0.274 e. The third-order valence-corrected chi connectivity index (χ3v) is 4.23. The Labute approximate surface area is 175 Å². The van der Waals surface area contributed by atoms with Crippen LogP contribution < -0.4 is 10.1 Å². The van der Waals surface area contributed by atoms with Crippen LogP contribution >= 0.6 is 0 Å². The van der Waals surface area contributed by atoms with Crippen molar-refractivity contribution in [3.63, 3.8) is 0 Å². The first-order valence-corrected chi connectivity index (χ1v) is 9.18. The Morgan fingerprint density at radius 3 is 2.55 bits per heavy atom. The molecule has 1 atom stereocenters. The lowest BCUT2D eigenvalue weighted by Crippen LogP contribution is -2.18. The van der Waals surface area contributed by atoms with Crippen LogP contribution in [0.2, 0.25) is 0 Å². The number of anilines is 1. The molecule has 0 radical (unpaired) electrons. The molecule has 0 aliphatic carbocycles.